The number of hydrogen-bond donors (Lipinski definition) is 2. The maximum Gasteiger partial charge on any atom is 0.302 e. The van der Waals surface area contributed by atoms with Crippen molar-refractivity contribution in [2.75, 3.05) is 35.8 Å². The summed E-state index contributed by atoms with van der Waals surface area (Å²) in [6.45, 7) is 6.26. The van der Waals surface area contributed by atoms with Gasteiger partial charge in [-0.3, -0.25) is 14.4 Å². The molecule has 234 valence electrons. The van der Waals surface area contributed by atoms with Crippen LogP contribution in [0.4, 0.5) is 23.1 Å². The zero-order valence-corrected chi connectivity index (χ0v) is 26.1. The lowest BCUT2D eigenvalue weighted by atomic mass is 9.92. The van der Waals surface area contributed by atoms with Crippen molar-refractivity contribution in [1.29, 1.82) is 0 Å². The second-order valence-corrected chi connectivity index (χ2v) is 11.4. The molecule has 2 aliphatic rings. The molecule has 2 amide bonds. The van der Waals surface area contributed by atoms with Crippen LogP contribution in [0.15, 0.2) is 24.4 Å². The third kappa shape index (κ3) is 8.14. The van der Waals surface area contributed by atoms with E-state index in [4.69, 9.17) is 14.5 Å². The Hall–Kier alpha value is -3.89. The summed E-state index contributed by atoms with van der Waals surface area (Å²) in [6.07, 6.45) is 10.5. The Morgan fingerprint density at radius 2 is 1.77 bits per heavy atom. The molecule has 2 saturated carbocycles. The number of hydrogen-bond acceptors (Lipinski definition) is 9. The third-order valence-corrected chi connectivity index (χ3v) is 8.34. The molecule has 2 aliphatic carbocycles. The Bertz CT molecular complexity index is 1270. The van der Waals surface area contributed by atoms with E-state index < -0.39 is 0 Å². The SMILES string of the molecule is CCCN(c1nc(Nc2ccc(C(=O)NC3CCC(OC(C)=O)CC3)cc2OC)ncc1N(C)C(=O)CC)C1CCCC1. The highest BCUT2D eigenvalue weighted by Gasteiger charge is 2.28. The Morgan fingerprint density at radius 3 is 2.40 bits per heavy atom. The van der Waals surface area contributed by atoms with E-state index in [9.17, 15) is 14.4 Å². The minimum atomic E-state index is -0.267. The lowest BCUT2D eigenvalue weighted by Gasteiger charge is -2.33. The summed E-state index contributed by atoms with van der Waals surface area (Å²) < 4.78 is 11.0. The molecule has 0 radical (unpaired) electrons. The fourth-order valence-electron chi connectivity index (χ4n) is 6.05. The van der Waals surface area contributed by atoms with Gasteiger partial charge >= 0.3 is 5.97 Å². The Balaban J connectivity index is 1.53. The summed E-state index contributed by atoms with van der Waals surface area (Å²) in [6, 6.07) is 5.63. The maximum absolute atomic E-state index is 13.1. The van der Waals surface area contributed by atoms with Gasteiger partial charge in [-0.15, -0.1) is 0 Å². The first kappa shape index (κ1) is 32.0. The van der Waals surface area contributed by atoms with Gasteiger partial charge < -0.3 is 29.9 Å². The molecular weight excluding hydrogens is 548 g/mol. The van der Waals surface area contributed by atoms with Crippen molar-refractivity contribution in [1.82, 2.24) is 15.3 Å². The van der Waals surface area contributed by atoms with Gasteiger partial charge in [-0.25, -0.2) is 4.98 Å². The normalized spacial score (nSPS) is 18.5. The molecule has 0 saturated heterocycles. The van der Waals surface area contributed by atoms with Gasteiger partial charge in [0.2, 0.25) is 11.9 Å². The lowest BCUT2D eigenvalue weighted by Crippen LogP contribution is -2.39. The average Bonchev–Trinajstić information content (AvgIpc) is 3.54. The van der Waals surface area contributed by atoms with Crippen LogP contribution < -0.4 is 25.2 Å². The van der Waals surface area contributed by atoms with Gasteiger partial charge in [0.15, 0.2) is 5.82 Å². The van der Waals surface area contributed by atoms with Gasteiger partial charge in [0.25, 0.3) is 5.91 Å². The number of rotatable bonds is 12. The fraction of sp³-hybridized carbons (Fsp3) is 0.594. The van der Waals surface area contributed by atoms with Crippen molar-refractivity contribution in [2.45, 2.75) is 103 Å². The van der Waals surface area contributed by atoms with Crippen molar-refractivity contribution in [2.24, 2.45) is 0 Å². The standard InChI is InChI=1S/C32H46N6O5/c1-6-18-38(24-10-8-9-11-24)30-27(37(4)29(40)7-2)20-33-32(36-30)35-26-17-12-22(19-28(26)42-5)31(41)34-23-13-15-25(16-14-23)43-21(3)39/h12,17,19-20,23-25H,6-11,13-16,18H2,1-5H3,(H,34,41)(H,33,35,36). The highest BCUT2D eigenvalue weighted by atomic mass is 16.5. The minimum absolute atomic E-state index is 0.00130. The summed E-state index contributed by atoms with van der Waals surface area (Å²) >= 11 is 0. The first-order valence-corrected chi connectivity index (χ1v) is 15.6. The minimum Gasteiger partial charge on any atom is -0.495 e. The number of carbonyl (C=O) groups is 3. The van der Waals surface area contributed by atoms with Crippen molar-refractivity contribution >= 4 is 40.9 Å². The molecule has 1 aromatic heterocycles. The molecule has 11 nitrogen and oxygen atoms in total. The van der Waals surface area contributed by atoms with Crippen molar-refractivity contribution in [3.8, 4) is 5.75 Å². The number of amides is 2. The van der Waals surface area contributed by atoms with E-state index in [2.05, 4.69) is 27.4 Å². The molecule has 2 aromatic rings. The van der Waals surface area contributed by atoms with E-state index >= 15 is 0 Å². The summed E-state index contributed by atoms with van der Waals surface area (Å²) in [5, 5.41) is 6.38. The van der Waals surface area contributed by atoms with E-state index in [1.807, 2.05) is 6.92 Å². The van der Waals surface area contributed by atoms with E-state index in [-0.39, 0.29) is 29.9 Å². The number of nitrogens with zero attached hydrogens (tertiary/aromatic N) is 4. The molecule has 2 N–H and O–H groups in total. The smallest absolute Gasteiger partial charge is 0.302 e. The Labute approximate surface area is 254 Å². The van der Waals surface area contributed by atoms with Crippen LogP contribution in [0.25, 0.3) is 0 Å². The summed E-state index contributed by atoms with van der Waals surface area (Å²) in [5.41, 5.74) is 1.80. The first-order chi connectivity index (χ1) is 20.7. The predicted octanol–water partition coefficient (Wildman–Crippen LogP) is 5.36. The zero-order chi connectivity index (χ0) is 30.9. The van der Waals surface area contributed by atoms with Gasteiger partial charge in [0, 0.05) is 44.6 Å². The second kappa shape index (κ2) is 15.0. The molecule has 2 fully saturated rings. The van der Waals surface area contributed by atoms with Crippen LogP contribution in [-0.2, 0) is 14.3 Å². The Morgan fingerprint density at radius 1 is 1.05 bits per heavy atom. The summed E-state index contributed by atoms with van der Waals surface area (Å²) in [4.78, 5) is 50.4. The molecule has 0 bridgehead atoms. The number of carbonyl (C=O) groups excluding carboxylic acids is 3. The summed E-state index contributed by atoms with van der Waals surface area (Å²) in [5.74, 6) is 1.17. The van der Waals surface area contributed by atoms with Gasteiger partial charge in [0.1, 0.15) is 17.5 Å². The van der Waals surface area contributed by atoms with Gasteiger partial charge in [-0.1, -0.05) is 26.7 Å². The molecule has 11 heteroatoms. The van der Waals surface area contributed by atoms with Crippen LogP contribution in [0.3, 0.4) is 0 Å². The lowest BCUT2D eigenvalue weighted by molar-refractivity contribution is -0.147. The first-order valence-electron chi connectivity index (χ1n) is 15.6. The highest BCUT2D eigenvalue weighted by Crippen LogP contribution is 2.35. The largest absolute Gasteiger partial charge is 0.495 e. The van der Waals surface area contributed by atoms with Crippen molar-refractivity contribution < 1.29 is 23.9 Å². The molecular formula is C32H46N6O5. The van der Waals surface area contributed by atoms with E-state index in [0.717, 1.165) is 57.3 Å². The Kier molecular flexibility index (Phi) is 11.2. The molecule has 0 aliphatic heterocycles. The summed E-state index contributed by atoms with van der Waals surface area (Å²) in [7, 11) is 3.33. The molecule has 0 spiro atoms. The topological polar surface area (TPSA) is 126 Å². The molecule has 4 rings (SSSR count). The van der Waals surface area contributed by atoms with Crippen molar-refractivity contribution in [3.63, 3.8) is 0 Å². The number of esters is 1. The number of ether oxygens (including phenoxy) is 2. The van der Waals surface area contributed by atoms with Crippen LogP contribution in [-0.4, -0.2) is 66.6 Å². The number of aromatic nitrogens is 2. The van der Waals surface area contributed by atoms with Gasteiger partial charge in [-0.2, -0.15) is 4.98 Å². The van der Waals surface area contributed by atoms with Gasteiger partial charge in [-0.05, 0) is 63.1 Å². The number of benzene rings is 1. The fourth-order valence-corrected chi connectivity index (χ4v) is 6.05. The number of nitrogens with one attached hydrogen (secondary N) is 2. The third-order valence-electron chi connectivity index (χ3n) is 8.34. The van der Waals surface area contributed by atoms with E-state index in [0.29, 0.717) is 41.1 Å². The quantitative estimate of drug-likeness (QED) is 0.312. The molecule has 0 atom stereocenters. The van der Waals surface area contributed by atoms with Crippen molar-refractivity contribution in [3.05, 3.63) is 30.0 Å². The average molecular weight is 595 g/mol. The van der Waals surface area contributed by atoms with E-state index in [1.54, 1.807) is 43.5 Å². The van der Waals surface area contributed by atoms with Crippen LogP contribution in [0.1, 0.15) is 95.3 Å². The number of anilines is 4. The molecule has 1 heterocycles. The second-order valence-electron chi connectivity index (χ2n) is 11.4. The van der Waals surface area contributed by atoms with Crippen LogP contribution >= 0.6 is 0 Å². The monoisotopic (exact) mass is 594 g/mol. The molecule has 0 unspecified atom stereocenters. The predicted molar refractivity (Wildman–Crippen MR) is 167 cm³/mol. The highest BCUT2D eigenvalue weighted by molar-refractivity contribution is 5.96. The zero-order valence-electron chi connectivity index (χ0n) is 26.1. The molecule has 43 heavy (non-hydrogen) atoms. The molecule has 1 aromatic carbocycles. The van der Waals surface area contributed by atoms with Crippen LogP contribution in [0.5, 0.6) is 5.75 Å². The van der Waals surface area contributed by atoms with Crippen LogP contribution in [0, 0.1) is 0 Å². The number of methoxy groups -OCH3 is 1. The maximum atomic E-state index is 13.1. The van der Waals surface area contributed by atoms with Crippen LogP contribution in [0.2, 0.25) is 0 Å². The van der Waals surface area contributed by atoms with E-state index in [1.165, 1.54) is 19.8 Å². The van der Waals surface area contributed by atoms with Gasteiger partial charge in [0.05, 0.1) is 19.0 Å².